The monoisotopic (exact) mass is 248 g/mol. The van der Waals surface area contributed by atoms with E-state index in [9.17, 15) is 0 Å². The topological polar surface area (TPSA) is 33.3 Å². The molecule has 0 unspecified atom stereocenters. The van der Waals surface area contributed by atoms with Gasteiger partial charge in [-0.3, -0.25) is 0 Å². The Morgan fingerprint density at radius 2 is 2.28 bits per heavy atom. The van der Waals surface area contributed by atoms with Gasteiger partial charge in [-0.1, -0.05) is 18.2 Å². The highest BCUT2D eigenvalue weighted by Gasteiger charge is 2.11. The minimum Gasteiger partial charge on any atom is -0.385 e. The second-order valence-corrected chi connectivity index (χ2v) is 5.08. The highest BCUT2D eigenvalue weighted by atomic mass is 16.5. The van der Waals surface area contributed by atoms with Crippen molar-refractivity contribution in [1.82, 2.24) is 5.32 Å². The molecule has 0 bridgehead atoms. The van der Waals surface area contributed by atoms with Crippen LogP contribution in [0.5, 0.6) is 0 Å². The summed E-state index contributed by atoms with van der Waals surface area (Å²) in [5, 5.41) is 6.96. The predicted octanol–water partition coefficient (Wildman–Crippen LogP) is 2.56. The van der Waals surface area contributed by atoms with Crippen molar-refractivity contribution in [1.29, 1.82) is 0 Å². The van der Waals surface area contributed by atoms with Crippen LogP contribution >= 0.6 is 0 Å². The first-order valence-electron chi connectivity index (χ1n) is 6.94. The van der Waals surface area contributed by atoms with E-state index < -0.39 is 0 Å². The van der Waals surface area contributed by atoms with E-state index in [1.165, 1.54) is 29.7 Å². The van der Waals surface area contributed by atoms with E-state index in [2.05, 4.69) is 42.7 Å². The smallest absolute Gasteiger partial charge is 0.0594 e. The molecule has 3 heteroatoms. The van der Waals surface area contributed by atoms with Crippen LogP contribution in [0, 0.1) is 0 Å². The zero-order chi connectivity index (χ0) is 12.8. The van der Waals surface area contributed by atoms with Gasteiger partial charge in [-0.25, -0.2) is 0 Å². The molecule has 0 aliphatic carbocycles. The average Bonchev–Trinajstić information content (AvgIpc) is 2.38. The molecular weight excluding hydrogens is 224 g/mol. The molecule has 0 aromatic heterocycles. The van der Waals surface area contributed by atoms with E-state index in [-0.39, 0.29) is 0 Å². The van der Waals surface area contributed by atoms with E-state index in [4.69, 9.17) is 4.74 Å². The van der Waals surface area contributed by atoms with Gasteiger partial charge in [-0.2, -0.15) is 0 Å². The summed E-state index contributed by atoms with van der Waals surface area (Å²) >= 11 is 0. The second kappa shape index (κ2) is 6.76. The van der Waals surface area contributed by atoms with Crippen LogP contribution in [0.1, 0.15) is 31.4 Å². The van der Waals surface area contributed by atoms with Crippen LogP contribution in [0.3, 0.4) is 0 Å². The molecule has 0 saturated heterocycles. The molecule has 18 heavy (non-hydrogen) atoms. The van der Waals surface area contributed by atoms with Gasteiger partial charge in [0.05, 0.1) is 12.7 Å². The SMILES string of the molecule is CC(C)OCCNCc1cccc2c1NCCC2. The Balaban J connectivity index is 1.82. The molecule has 0 radical (unpaired) electrons. The summed E-state index contributed by atoms with van der Waals surface area (Å²) in [7, 11) is 0. The quantitative estimate of drug-likeness (QED) is 0.759. The maximum atomic E-state index is 5.51. The molecule has 0 fully saturated rings. The number of ether oxygens (including phenoxy) is 1. The number of fused-ring (bicyclic) bond motifs is 1. The van der Waals surface area contributed by atoms with Crippen molar-refractivity contribution in [3.05, 3.63) is 29.3 Å². The molecule has 0 spiro atoms. The number of hydrogen-bond acceptors (Lipinski definition) is 3. The molecule has 1 aliphatic heterocycles. The van der Waals surface area contributed by atoms with Crippen LogP contribution in [0.15, 0.2) is 18.2 Å². The van der Waals surface area contributed by atoms with E-state index in [1.54, 1.807) is 0 Å². The van der Waals surface area contributed by atoms with Crippen molar-refractivity contribution in [2.45, 2.75) is 39.3 Å². The van der Waals surface area contributed by atoms with E-state index in [1.807, 2.05) is 0 Å². The van der Waals surface area contributed by atoms with Crippen LogP contribution in [-0.2, 0) is 17.7 Å². The van der Waals surface area contributed by atoms with Gasteiger partial charge in [0.2, 0.25) is 0 Å². The van der Waals surface area contributed by atoms with Crippen molar-refractivity contribution in [3.63, 3.8) is 0 Å². The molecule has 2 N–H and O–H groups in total. The maximum Gasteiger partial charge on any atom is 0.0594 e. The highest BCUT2D eigenvalue weighted by Crippen LogP contribution is 2.25. The third kappa shape index (κ3) is 3.72. The third-order valence-corrected chi connectivity index (χ3v) is 3.21. The standard InChI is InChI=1S/C15H24N2O/c1-12(2)18-10-9-16-11-14-6-3-5-13-7-4-8-17-15(13)14/h3,5-6,12,16-17H,4,7-11H2,1-2H3. The van der Waals surface area contributed by atoms with Crippen molar-refractivity contribution >= 4 is 5.69 Å². The molecule has 1 aromatic carbocycles. The van der Waals surface area contributed by atoms with E-state index >= 15 is 0 Å². The van der Waals surface area contributed by atoms with Gasteiger partial charge >= 0.3 is 0 Å². The molecular formula is C15H24N2O. The van der Waals surface area contributed by atoms with Crippen LogP contribution in [0.2, 0.25) is 0 Å². The van der Waals surface area contributed by atoms with E-state index in [0.29, 0.717) is 6.10 Å². The second-order valence-electron chi connectivity index (χ2n) is 5.08. The van der Waals surface area contributed by atoms with Gasteiger partial charge in [-0.05, 0) is 37.8 Å². The minimum absolute atomic E-state index is 0.318. The number of nitrogens with one attached hydrogen (secondary N) is 2. The van der Waals surface area contributed by atoms with Gasteiger partial charge < -0.3 is 15.4 Å². The maximum absolute atomic E-state index is 5.51. The first kappa shape index (κ1) is 13.4. The molecule has 1 aliphatic rings. The lowest BCUT2D eigenvalue weighted by Gasteiger charge is -2.21. The molecule has 0 saturated carbocycles. The number of para-hydroxylation sites is 1. The zero-order valence-electron chi connectivity index (χ0n) is 11.5. The summed E-state index contributed by atoms with van der Waals surface area (Å²) in [6.45, 7) is 7.83. The summed E-state index contributed by atoms with van der Waals surface area (Å²) in [5.41, 5.74) is 4.18. The van der Waals surface area contributed by atoms with Gasteiger partial charge in [-0.15, -0.1) is 0 Å². The normalized spacial score (nSPS) is 14.4. The Kier molecular flexibility index (Phi) is 5.02. The summed E-state index contributed by atoms with van der Waals surface area (Å²) in [6, 6.07) is 6.59. The van der Waals surface area contributed by atoms with Gasteiger partial charge in [0.15, 0.2) is 0 Å². The van der Waals surface area contributed by atoms with Crippen molar-refractivity contribution in [2.75, 3.05) is 25.0 Å². The van der Waals surface area contributed by atoms with Gasteiger partial charge in [0.1, 0.15) is 0 Å². The van der Waals surface area contributed by atoms with Crippen LogP contribution in [-0.4, -0.2) is 25.8 Å². The molecule has 3 nitrogen and oxygen atoms in total. The first-order chi connectivity index (χ1) is 8.77. The minimum atomic E-state index is 0.318. The summed E-state index contributed by atoms with van der Waals surface area (Å²) in [6.07, 6.45) is 2.76. The lowest BCUT2D eigenvalue weighted by atomic mass is 9.99. The van der Waals surface area contributed by atoms with Crippen LogP contribution in [0.4, 0.5) is 5.69 Å². The van der Waals surface area contributed by atoms with E-state index in [0.717, 1.165) is 26.2 Å². The van der Waals surface area contributed by atoms with Crippen LogP contribution in [0.25, 0.3) is 0 Å². The lowest BCUT2D eigenvalue weighted by Crippen LogP contribution is -2.22. The lowest BCUT2D eigenvalue weighted by molar-refractivity contribution is 0.0807. The molecule has 1 aromatic rings. The Bertz CT molecular complexity index is 377. The highest BCUT2D eigenvalue weighted by molar-refractivity contribution is 5.59. The molecule has 100 valence electrons. The largest absolute Gasteiger partial charge is 0.385 e. The average molecular weight is 248 g/mol. The molecule has 1 heterocycles. The molecule has 0 amide bonds. The van der Waals surface area contributed by atoms with Crippen LogP contribution < -0.4 is 10.6 Å². The van der Waals surface area contributed by atoms with Gasteiger partial charge in [0, 0.05) is 25.3 Å². The number of hydrogen-bond donors (Lipinski definition) is 2. The van der Waals surface area contributed by atoms with Gasteiger partial charge in [0.25, 0.3) is 0 Å². The predicted molar refractivity (Wildman–Crippen MR) is 76.0 cm³/mol. The zero-order valence-corrected chi connectivity index (χ0v) is 11.5. The fourth-order valence-electron chi connectivity index (χ4n) is 2.32. The Labute approximate surface area is 110 Å². The van der Waals surface area contributed by atoms with Crippen molar-refractivity contribution < 1.29 is 4.74 Å². The van der Waals surface area contributed by atoms with Crippen molar-refractivity contribution in [2.24, 2.45) is 0 Å². The fourth-order valence-corrected chi connectivity index (χ4v) is 2.32. The summed E-state index contributed by atoms with van der Waals surface area (Å²) in [5.74, 6) is 0. The molecule has 2 rings (SSSR count). The molecule has 0 atom stereocenters. The summed E-state index contributed by atoms with van der Waals surface area (Å²) in [4.78, 5) is 0. The number of rotatable bonds is 6. The first-order valence-corrected chi connectivity index (χ1v) is 6.94. The number of benzene rings is 1. The Morgan fingerprint density at radius 3 is 3.11 bits per heavy atom. The Hall–Kier alpha value is -1.06. The third-order valence-electron chi connectivity index (χ3n) is 3.21. The summed E-state index contributed by atoms with van der Waals surface area (Å²) < 4.78 is 5.51. The fraction of sp³-hybridized carbons (Fsp3) is 0.600. The number of aryl methyl sites for hydroxylation is 1. The Morgan fingerprint density at radius 1 is 1.39 bits per heavy atom. The number of anilines is 1. The van der Waals surface area contributed by atoms with Crippen molar-refractivity contribution in [3.8, 4) is 0 Å².